The highest BCUT2D eigenvalue weighted by Crippen LogP contribution is 2.66. The fourth-order valence-electron chi connectivity index (χ4n) is 4.34. The number of nitro benzene ring substituents is 1. The van der Waals surface area contributed by atoms with Gasteiger partial charge in [0.25, 0.3) is 5.69 Å². The number of benzene rings is 1. The van der Waals surface area contributed by atoms with Crippen LogP contribution in [0.1, 0.15) is 56.1 Å². The normalized spacial score (nSPS) is 21.8. The van der Waals surface area contributed by atoms with E-state index in [0.717, 1.165) is 11.0 Å². The minimum absolute atomic E-state index is 0.182. The number of aromatic nitrogens is 2. The standard InChI is InChI=1S/C22H33N4O17P3/c1-3-4-5-18(15-8-14(38-2)6-7-16(15)26(29)30)39-11-13-10-25(22(28)24-21(13)23)20-9-17(27)19(41-20)12-40-45(34,35)43-46(36,37)42-44(31,32)33/h6-8,10,17-20,27H,3-5,9,11-12H2,1-2H3,(H,34,35)(H,36,37)(H2,23,24,28)(H2,31,32,33)/t17-,18+,19?,20-/m1/s1. The second kappa shape index (κ2) is 15.5. The number of rotatable bonds is 17. The third-order valence-electron chi connectivity index (χ3n) is 6.43. The van der Waals surface area contributed by atoms with Gasteiger partial charge in [0.2, 0.25) is 0 Å². The maximum absolute atomic E-state index is 12.7. The van der Waals surface area contributed by atoms with E-state index in [1.807, 2.05) is 6.92 Å². The molecule has 3 unspecified atom stereocenters. The second-order valence-corrected chi connectivity index (χ2v) is 14.2. The monoisotopic (exact) mass is 718 g/mol. The Morgan fingerprint density at radius 1 is 1.20 bits per heavy atom. The Labute approximate surface area is 260 Å². The average molecular weight is 718 g/mol. The molecule has 1 fully saturated rings. The summed E-state index contributed by atoms with van der Waals surface area (Å²) < 4.78 is 63.9. The van der Waals surface area contributed by atoms with Gasteiger partial charge in [0, 0.05) is 24.2 Å². The molecule has 0 bridgehead atoms. The van der Waals surface area contributed by atoms with E-state index in [1.54, 1.807) is 0 Å². The molecule has 46 heavy (non-hydrogen) atoms. The first-order chi connectivity index (χ1) is 21.3. The van der Waals surface area contributed by atoms with Crippen molar-refractivity contribution in [3.63, 3.8) is 0 Å². The van der Waals surface area contributed by atoms with Crippen LogP contribution >= 0.6 is 23.5 Å². The molecule has 0 radical (unpaired) electrons. The van der Waals surface area contributed by atoms with Crippen LogP contribution in [0.5, 0.6) is 5.75 Å². The van der Waals surface area contributed by atoms with Crippen molar-refractivity contribution in [2.75, 3.05) is 19.5 Å². The van der Waals surface area contributed by atoms with Crippen molar-refractivity contribution in [2.24, 2.45) is 0 Å². The molecule has 0 spiro atoms. The van der Waals surface area contributed by atoms with Gasteiger partial charge in [-0.1, -0.05) is 19.8 Å². The summed E-state index contributed by atoms with van der Waals surface area (Å²) in [7, 11) is -15.4. The van der Waals surface area contributed by atoms with Crippen molar-refractivity contribution in [1.29, 1.82) is 0 Å². The summed E-state index contributed by atoms with van der Waals surface area (Å²) in [6.07, 6.45) is -2.06. The predicted octanol–water partition coefficient (Wildman–Crippen LogP) is 2.18. The number of phosphoric ester groups is 1. The molecule has 1 aliphatic heterocycles. The maximum atomic E-state index is 12.7. The van der Waals surface area contributed by atoms with Crippen molar-refractivity contribution in [3.05, 3.63) is 56.1 Å². The topological polar surface area (TPSA) is 312 Å². The van der Waals surface area contributed by atoms with Crippen molar-refractivity contribution in [3.8, 4) is 5.75 Å². The minimum atomic E-state index is -5.76. The number of anilines is 1. The molecule has 258 valence electrons. The first-order valence-corrected chi connectivity index (χ1v) is 17.8. The number of nitrogen functional groups attached to an aromatic ring is 1. The number of aliphatic hydroxyl groups excluding tert-OH is 1. The molecule has 0 saturated carbocycles. The van der Waals surface area contributed by atoms with E-state index in [1.165, 1.54) is 31.5 Å². The van der Waals surface area contributed by atoms with Gasteiger partial charge in [-0.15, -0.1) is 0 Å². The number of methoxy groups -OCH3 is 1. The number of ether oxygens (including phenoxy) is 3. The molecule has 6 atom stereocenters. The molecule has 2 heterocycles. The Morgan fingerprint density at radius 3 is 2.50 bits per heavy atom. The number of phosphoric acid groups is 3. The lowest BCUT2D eigenvalue weighted by molar-refractivity contribution is -0.386. The Morgan fingerprint density at radius 2 is 1.89 bits per heavy atom. The van der Waals surface area contributed by atoms with Crippen LogP contribution in [-0.2, 0) is 42.9 Å². The molecule has 1 saturated heterocycles. The lowest BCUT2D eigenvalue weighted by Crippen LogP contribution is -2.29. The van der Waals surface area contributed by atoms with E-state index in [0.29, 0.717) is 18.6 Å². The van der Waals surface area contributed by atoms with E-state index in [4.69, 9.17) is 29.7 Å². The van der Waals surface area contributed by atoms with Crippen LogP contribution in [0.15, 0.2) is 29.2 Å². The fourth-order valence-corrected chi connectivity index (χ4v) is 7.37. The molecule has 24 heteroatoms. The summed E-state index contributed by atoms with van der Waals surface area (Å²) >= 11 is 0. The van der Waals surface area contributed by atoms with Crippen molar-refractivity contribution < 1.29 is 70.7 Å². The Hall–Kier alpha value is -2.61. The van der Waals surface area contributed by atoms with E-state index < -0.39 is 65.2 Å². The van der Waals surface area contributed by atoms with Gasteiger partial charge in [0.1, 0.15) is 23.9 Å². The van der Waals surface area contributed by atoms with Crippen LogP contribution in [0.25, 0.3) is 0 Å². The zero-order valence-electron chi connectivity index (χ0n) is 24.3. The summed E-state index contributed by atoms with van der Waals surface area (Å²) in [6, 6.07) is 4.25. The highest BCUT2D eigenvalue weighted by molar-refractivity contribution is 7.66. The lowest BCUT2D eigenvalue weighted by Gasteiger charge is -2.21. The van der Waals surface area contributed by atoms with Crippen LogP contribution in [-0.4, -0.2) is 65.1 Å². The van der Waals surface area contributed by atoms with Gasteiger partial charge in [-0.2, -0.15) is 13.6 Å². The van der Waals surface area contributed by atoms with Gasteiger partial charge >= 0.3 is 29.2 Å². The van der Waals surface area contributed by atoms with Gasteiger partial charge in [0.15, 0.2) is 0 Å². The minimum Gasteiger partial charge on any atom is -0.497 e. The number of nitro groups is 1. The molecule has 1 aromatic heterocycles. The lowest BCUT2D eigenvalue weighted by atomic mass is 10.0. The largest absolute Gasteiger partial charge is 0.497 e. The van der Waals surface area contributed by atoms with E-state index in [9.17, 15) is 43.5 Å². The number of unbranched alkanes of at least 4 members (excludes halogenated alkanes) is 1. The molecular weight excluding hydrogens is 685 g/mol. The van der Waals surface area contributed by atoms with Crippen LogP contribution < -0.4 is 16.2 Å². The zero-order valence-corrected chi connectivity index (χ0v) is 26.9. The molecule has 21 nitrogen and oxygen atoms in total. The first-order valence-electron chi connectivity index (χ1n) is 13.3. The first kappa shape index (κ1) is 37.8. The number of hydrogen-bond donors (Lipinski definition) is 6. The quantitative estimate of drug-likeness (QED) is 0.0775. The predicted molar refractivity (Wildman–Crippen MR) is 154 cm³/mol. The third-order valence-corrected chi connectivity index (χ3v) is 10.2. The van der Waals surface area contributed by atoms with Crippen molar-refractivity contribution in [2.45, 2.75) is 63.8 Å². The molecule has 0 aliphatic carbocycles. The van der Waals surface area contributed by atoms with Crippen LogP contribution in [0.3, 0.4) is 0 Å². The van der Waals surface area contributed by atoms with Crippen LogP contribution in [0.4, 0.5) is 11.5 Å². The third kappa shape index (κ3) is 10.7. The van der Waals surface area contributed by atoms with E-state index >= 15 is 0 Å². The fraction of sp³-hybridized carbons (Fsp3) is 0.545. The molecule has 7 N–H and O–H groups in total. The summed E-state index contributed by atoms with van der Waals surface area (Å²) in [5.74, 6) is 0.165. The smallest absolute Gasteiger partial charge is 0.490 e. The Kier molecular flexibility index (Phi) is 12.8. The van der Waals surface area contributed by atoms with E-state index in [-0.39, 0.29) is 35.7 Å². The molecule has 3 rings (SSSR count). The number of hydrogen-bond acceptors (Lipinski definition) is 15. The van der Waals surface area contributed by atoms with Gasteiger partial charge in [-0.25, -0.2) is 18.5 Å². The molecule has 2 aromatic rings. The molecule has 1 aliphatic rings. The SMILES string of the molecule is CCCC[C@H](OCc1cn([C@H]2C[C@@H](O)C(COP(=O)(O)OP(=O)(O)OP(=O)(O)O)O2)c(=O)nc1N)c1cc(OC)ccc1[N+](=O)[O-]. The summed E-state index contributed by atoms with van der Waals surface area (Å²) in [5, 5.41) is 22.1. The summed E-state index contributed by atoms with van der Waals surface area (Å²) in [5.41, 5.74) is 5.31. The van der Waals surface area contributed by atoms with Gasteiger partial charge in [0.05, 0.1) is 43.0 Å². The number of nitrogens with zero attached hydrogens (tertiary/aromatic N) is 3. The zero-order chi connectivity index (χ0) is 34.4. The Balaban J connectivity index is 1.76. The van der Waals surface area contributed by atoms with Gasteiger partial charge in [-0.3, -0.25) is 19.2 Å². The highest BCUT2D eigenvalue weighted by Gasteiger charge is 2.43. The van der Waals surface area contributed by atoms with Gasteiger partial charge < -0.3 is 44.6 Å². The maximum Gasteiger partial charge on any atom is 0.490 e. The summed E-state index contributed by atoms with van der Waals surface area (Å²) in [6.45, 7) is 0.723. The average Bonchev–Trinajstić information content (AvgIpc) is 3.30. The molecule has 0 amide bonds. The molecular formula is C22H33N4O17P3. The number of nitrogens with two attached hydrogens (primary N) is 1. The van der Waals surface area contributed by atoms with Gasteiger partial charge in [-0.05, 0) is 18.6 Å². The van der Waals surface area contributed by atoms with Crippen molar-refractivity contribution in [1.82, 2.24) is 9.55 Å². The Bertz CT molecular complexity index is 1600. The van der Waals surface area contributed by atoms with Crippen LogP contribution in [0.2, 0.25) is 0 Å². The van der Waals surface area contributed by atoms with Crippen LogP contribution in [0, 0.1) is 10.1 Å². The highest BCUT2D eigenvalue weighted by atomic mass is 31.3. The number of aliphatic hydroxyl groups is 1. The van der Waals surface area contributed by atoms with Crippen molar-refractivity contribution >= 4 is 35.0 Å². The second-order valence-electron chi connectivity index (χ2n) is 9.78. The molecule has 1 aromatic carbocycles. The summed E-state index contributed by atoms with van der Waals surface area (Å²) in [4.78, 5) is 63.8. The van der Waals surface area contributed by atoms with E-state index in [2.05, 4.69) is 18.1 Å².